The molecule has 0 bridgehead atoms. The first kappa shape index (κ1) is 51.5. The van der Waals surface area contributed by atoms with E-state index in [-0.39, 0.29) is 29.9 Å². The van der Waals surface area contributed by atoms with Crippen LogP contribution >= 0.6 is 0 Å². The minimum Gasteiger partial charge on any atom is -0.481 e. The van der Waals surface area contributed by atoms with Gasteiger partial charge >= 0.3 is 11.9 Å². The van der Waals surface area contributed by atoms with Gasteiger partial charge in [0, 0.05) is 0 Å². The number of amidine groups is 2. The van der Waals surface area contributed by atoms with Gasteiger partial charge in [-0.2, -0.15) is 39.4 Å². The van der Waals surface area contributed by atoms with Gasteiger partial charge in [-0.15, -0.1) is 10.2 Å². The zero-order chi connectivity index (χ0) is 48.1. The molecule has 0 saturated heterocycles. The monoisotopic (exact) mass is 920 g/mol. The molecule has 0 fully saturated rings. The second-order valence-corrected chi connectivity index (χ2v) is 17.4. The molecule has 4 unspecified atom stereocenters. The number of aliphatic carboxylic acids is 2. The van der Waals surface area contributed by atoms with Gasteiger partial charge < -0.3 is 10.2 Å². The van der Waals surface area contributed by atoms with Crippen molar-refractivity contribution in [2.24, 2.45) is 28.0 Å². The predicted molar refractivity (Wildman–Crippen MR) is 257 cm³/mol. The number of hydrogen-bond donors (Lipinski definition) is 5. The number of carboxylic acid groups (broad SMARTS) is 2. The Morgan fingerprint density at radius 2 is 1.00 bits per heavy atom. The van der Waals surface area contributed by atoms with Gasteiger partial charge in [0.25, 0.3) is 10.1 Å². The number of para-hydroxylation sites is 4. The summed E-state index contributed by atoms with van der Waals surface area (Å²) in [4.78, 5) is 24.3. The first-order chi connectivity index (χ1) is 31.8. The number of rotatable bonds is 20. The molecule has 66 heavy (non-hydrogen) atoms. The zero-order valence-electron chi connectivity index (χ0n) is 37.8. The summed E-state index contributed by atoms with van der Waals surface area (Å²) in [6.45, 7) is 7.67. The number of carboxylic acids is 2. The van der Waals surface area contributed by atoms with Crippen LogP contribution in [0.1, 0.15) is 91.9 Å². The third-order valence-corrected chi connectivity index (χ3v) is 12.9. The van der Waals surface area contributed by atoms with E-state index < -0.39 is 39.1 Å². The highest BCUT2D eigenvalue weighted by molar-refractivity contribution is 7.88. The van der Waals surface area contributed by atoms with Crippen LogP contribution in [-0.4, -0.2) is 51.5 Å². The van der Waals surface area contributed by atoms with Gasteiger partial charge in [-0.1, -0.05) is 152 Å². The van der Waals surface area contributed by atoms with Crippen LogP contribution in [0.5, 0.6) is 0 Å². The standard InChI is InChI=1S/C20H38O7S.2C14H11N5/c1-5-9-11-15(7-3)13-17(18(21)22)20(19(23)24,28(25,26)27)14-16(8-4)12-10-6-2;2*15-11-14-16-18(12-7-3-1-4-8-12)19(17-14)13-9-5-2-6-10-13/h15-17H,5-14H2,1-4H3,(H,21,22)(H,23,24)(H,25,26,27);2*1-10H,(H,16,17). The molecule has 0 spiro atoms. The summed E-state index contributed by atoms with van der Waals surface area (Å²) in [5, 5.41) is 53.0. The lowest BCUT2D eigenvalue weighted by Crippen LogP contribution is -2.56. The minimum absolute atomic E-state index is 0.0812. The van der Waals surface area contributed by atoms with Crippen LogP contribution in [0.25, 0.3) is 0 Å². The van der Waals surface area contributed by atoms with Gasteiger partial charge in [0.05, 0.1) is 28.7 Å². The normalized spacial score (nSPS) is 15.3. The molecule has 18 heteroatoms. The van der Waals surface area contributed by atoms with Crippen molar-refractivity contribution >= 4 is 56.5 Å². The highest BCUT2D eigenvalue weighted by Crippen LogP contribution is 2.41. The van der Waals surface area contributed by atoms with Crippen molar-refractivity contribution in [1.82, 2.24) is 10.9 Å². The molecular weight excluding hydrogens is 861 g/mol. The number of benzene rings is 4. The highest BCUT2D eigenvalue weighted by Gasteiger charge is 2.60. The fourth-order valence-corrected chi connectivity index (χ4v) is 8.84. The molecule has 5 N–H and O–H groups in total. The number of hydrogen-bond acceptors (Lipinski definition) is 14. The van der Waals surface area contributed by atoms with Crippen molar-refractivity contribution in [3.05, 3.63) is 121 Å². The number of nitrogens with zero attached hydrogens (tertiary/aromatic N) is 8. The zero-order valence-corrected chi connectivity index (χ0v) is 38.6. The first-order valence-corrected chi connectivity index (χ1v) is 23.6. The number of anilines is 4. The Labute approximate surface area is 387 Å². The number of nitrogens with one attached hydrogen (secondary N) is 2. The summed E-state index contributed by atoms with van der Waals surface area (Å²) in [6, 6.07) is 42.8. The summed E-state index contributed by atoms with van der Waals surface area (Å²) in [5.74, 6) is -4.85. The van der Waals surface area contributed by atoms with E-state index in [4.69, 9.17) is 10.5 Å². The summed E-state index contributed by atoms with van der Waals surface area (Å²) < 4.78 is 32.0. The second kappa shape index (κ2) is 25.4. The number of carbonyl (C=O) groups is 2. The van der Waals surface area contributed by atoms with Gasteiger partial charge in [0.1, 0.15) is 12.1 Å². The largest absolute Gasteiger partial charge is 0.481 e. The molecule has 6 rings (SSSR count). The maximum absolute atomic E-state index is 12.4. The average Bonchev–Trinajstić information content (AvgIpc) is 3.99. The van der Waals surface area contributed by atoms with Crippen LogP contribution < -0.4 is 31.3 Å². The van der Waals surface area contributed by atoms with E-state index >= 15 is 0 Å². The summed E-state index contributed by atoms with van der Waals surface area (Å²) >= 11 is 0. The SMILES string of the molecule is CCCCC(CC)CC(C(=O)O)C(CC(CC)CCCC)(C(=O)O)S(=O)(=O)O.N#CC1=NN(c2ccccc2)N(c2ccccc2)N1.N#CC1=NN(c2ccccc2)N(c2ccccc2)N1. The van der Waals surface area contributed by atoms with E-state index in [9.17, 15) is 32.8 Å². The van der Waals surface area contributed by atoms with Crippen molar-refractivity contribution in [3.63, 3.8) is 0 Å². The van der Waals surface area contributed by atoms with E-state index in [0.29, 0.717) is 25.7 Å². The van der Waals surface area contributed by atoms with Crippen LogP contribution in [0.3, 0.4) is 0 Å². The number of hydrazine groups is 4. The topological polar surface area (TPSA) is 238 Å². The third kappa shape index (κ3) is 13.4. The van der Waals surface area contributed by atoms with Gasteiger partial charge in [0.15, 0.2) is 0 Å². The maximum Gasteiger partial charge on any atom is 0.328 e. The Kier molecular flexibility index (Phi) is 19.8. The second-order valence-electron chi connectivity index (χ2n) is 15.7. The quantitative estimate of drug-likeness (QED) is 0.0520. The summed E-state index contributed by atoms with van der Waals surface area (Å²) in [5.41, 5.74) is 9.47. The van der Waals surface area contributed by atoms with Gasteiger partial charge in [-0.3, -0.25) is 25.0 Å². The Morgan fingerprint density at radius 1 is 0.636 bits per heavy atom. The molecule has 0 aliphatic carbocycles. The van der Waals surface area contributed by atoms with Crippen molar-refractivity contribution < 1.29 is 32.8 Å². The minimum atomic E-state index is -5.15. The molecule has 2 aliphatic heterocycles. The maximum atomic E-state index is 12.4. The van der Waals surface area contributed by atoms with Crippen LogP contribution in [-0.2, 0) is 19.7 Å². The Hall–Kier alpha value is -7.15. The van der Waals surface area contributed by atoms with Crippen LogP contribution in [0.4, 0.5) is 22.7 Å². The molecule has 0 saturated carbocycles. The lowest BCUT2D eigenvalue weighted by atomic mass is 9.76. The molecule has 0 amide bonds. The Balaban J connectivity index is 0.000000221. The molecule has 350 valence electrons. The predicted octanol–water partition coefficient (Wildman–Crippen LogP) is 9.15. The molecule has 0 radical (unpaired) electrons. The number of nitriles is 2. The molecular formula is C48H60N10O7S. The average molecular weight is 921 g/mol. The van der Waals surface area contributed by atoms with Crippen molar-refractivity contribution in [1.29, 1.82) is 10.5 Å². The van der Waals surface area contributed by atoms with E-state index in [1.54, 1.807) is 20.5 Å². The molecule has 0 aromatic heterocycles. The fraction of sp³-hybridized carbons (Fsp3) is 0.375. The molecule has 4 aromatic rings. The number of hydrazone groups is 2. The van der Waals surface area contributed by atoms with E-state index in [1.165, 1.54) is 0 Å². The van der Waals surface area contributed by atoms with E-state index in [0.717, 1.165) is 48.4 Å². The lowest BCUT2D eigenvalue weighted by Gasteiger charge is -2.36. The van der Waals surface area contributed by atoms with Gasteiger partial charge in [-0.05, 0) is 73.2 Å². The number of unbranched alkanes of at least 4 members (excludes halogenated alkanes) is 2. The van der Waals surface area contributed by atoms with Crippen molar-refractivity contribution in [2.45, 2.75) is 96.7 Å². The Morgan fingerprint density at radius 3 is 1.30 bits per heavy atom. The molecule has 2 aliphatic rings. The smallest absolute Gasteiger partial charge is 0.328 e. The van der Waals surface area contributed by atoms with Crippen molar-refractivity contribution in [2.75, 3.05) is 20.5 Å². The molecule has 4 atom stereocenters. The fourth-order valence-electron chi connectivity index (χ4n) is 7.62. The van der Waals surface area contributed by atoms with Gasteiger partial charge in [0.2, 0.25) is 16.4 Å². The molecule has 2 heterocycles. The van der Waals surface area contributed by atoms with Crippen molar-refractivity contribution in [3.8, 4) is 12.1 Å². The van der Waals surface area contributed by atoms with Crippen LogP contribution in [0.15, 0.2) is 132 Å². The summed E-state index contributed by atoms with van der Waals surface area (Å²) in [7, 11) is -5.15. The lowest BCUT2D eigenvalue weighted by molar-refractivity contribution is -0.153. The molecule has 17 nitrogen and oxygen atoms in total. The highest BCUT2D eigenvalue weighted by atomic mass is 32.2. The first-order valence-electron chi connectivity index (χ1n) is 22.1. The van der Waals surface area contributed by atoms with E-state index in [1.807, 2.05) is 161 Å². The van der Waals surface area contributed by atoms with Crippen LogP contribution in [0.2, 0.25) is 0 Å². The summed E-state index contributed by atoms with van der Waals surface area (Å²) in [6.07, 6.45) is 5.37. The molecule has 4 aromatic carbocycles. The Bertz CT molecular complexity index is 2280. The van der Waals surface area contributed by atoms with Gasteiger partial charge in [-0.25, -0.2) is 0 Å². The van der Waals surface area contributed by atoms with Crippen LogP contribution in [0, 0.1) is 40.4 Å². The third-order valence-electron chi connectivity index (χ3n) is 11.3. The van der Waals surface area contributed by atoms with E-state index in [2.05, 4.69) is 21.1 Å².